The Labute approximate surface area is 99.2 Å². The topological polar surface area (TPSA) is 58.6 Å². The van der Waals surface area contributed by atoms with Crippen molar-refractivity contribution >= 4 is 23.3 Å². The van der Waals surface area contributed by atoms with Crippen LogP contribution in [0.3, 0.4) is 0 Å². The van der Waals surface area contributed by atoms with Gasteiger partial charge in [0, 0.05) is 17.3 Å². The highest BCUT2D eigenvalue weighted by Crippen LogP contribution is 2.14. The Kier molecular flexibility index (Phi) is 5.08. The lowest BCUT2D eigenvalue weighted by Crippen LogP contribution is -2.23. The quantitative estimate of drug-likeness (QED) is 0.773. The van der Waals surface area contributed by atoms with Crippen molar-refractivity contribution in [3.8, 4) is 0 Å². The normalized spacial score (nSPS) is 11.9. The zero-order valence-corrected chi connectivity index (χ0v) is 9.70. The smallest absolute Gasteiger partial charge is 0.308 e. The predicted molar refractivity (Wildman–Crippen MR) is 62.6 cm³/mol. The van der Waals surface area contributed by atoms with Crippen molar-refractivity contribution in [1.29, 1.82) is 0 Å². The molecule has 1 aromatic rings. The molecule has 0 aromatic heterocycles. The van der Waals surface area contributed by atoms with E-state index in [2.05, 4.69) is 10.1 Å². The second-order valence-corrected chi connectivity index (χ2v) is 3.76. The molecule has 16 heavy (non-hydrogen) atoms. The average Bonchev–Trinajstić information content (AvgIpc) is 2.26. The van der Waals surface area contributed by atoms with Gasteiger partial charge in [0.05, 0.1) is 19.6 Å². The highest BCUT2D eigenvalue weighted by molar-refractivity contribution is 6.30. The lowest BCUT2D eigenvalue weighted by atomic mass is 10.2. The van der Waals surface area contributed by atoms with Crippen LogP contribution in [0.15, 0.2) is 24.3 Å². The van der Waals surface area contributed by atoms with Gasteiger partial charge in [-0.05, 0) is 18.2 Å². The molecule has 0 saturated carbocycles. The van der Waals surface area contributed by atoms with E-state index in [0.717, 1.165) is 5.69 Å². The van der Waals surface area contributed by atoms with Gasteiger partial charge in [0.2, 0.25) is 0 Å². The lowest BCUT2D eigenvalue weighted by molar-refractivity contribution is -0.142. The zero-order chi connectivity index (χ0) is 12.0. The van der Waals surface area contributed by atoms with E-state index in [0.29, 0.717) is 5.02 Å². The summed E-state index contributed by atoms with van der Waals surface area (Å²) in [4.78, 5) is 10.9. The molecule has 0 aliphatic heterocycles. The van der Waals surface area contributed by atoms with Gasteiger partial charge in [-0.15, -0.1) is 0 Å². The molecule has 0 fully saturated rings. The first-order chi connectivity index (χ1) is 7.61. The molecule has 0 heterocycles. The summed E-state index contributed by atoms with van der Waals surface area (Å²) < 4.78 is 4.44. The number of anilines is 1. The Balaban J connectivity index is 2.37. The molecular formula is C11H14ClNO3. The van der Waals surface area contributed by atoms with Crippen LogP contribution < -0.4 is 5.32 Å². The summed E-state index contributed by atoms with van der Waals surface area (Å²) in [6, 6.07) is 7.14. The molecule has 0 spiro atoms. The number of carbonyl (C=O) groups excluding carboxylic acids is 1. The Morgan fingerprint density at radius 1 is 1.62 bits per heavy atom. The Bertz CT molecular complexity index is 357. The van der Waals surface area contributed by atoms with Crippen LogP contribution in [0.2, 0.25) is 5.02 Å². The predicted octanol–water partition coefficient (Wildman–Crippen LogP) is 1.68. The number of ether oxygens (including phenoxy) is 1. The standard InChI is InChI=1S/C11H14ClNO3/c1-16-11(15)6-10(14)7-13-9-4-2-3-8(12)5-9/h2-5,10,13-14H,6-7H2,1H3. The summed E-state index contributed by atoms with van der Waals surface area (Å²) in [6.07, 6.45) is -0.796. The van der Waals surface area contributed by atoms with Crippen molar-refractivity contribution in [3.63, 3.8) is 0 Å². The molecule has 2 N–H and O–H groups in total. The molecule has 0 aliphatic carbocycles. The van der Waals surface area contributed by atoms with Crippen LogP contribution in [0, 0.1) is 0 Å². The van der Waals surface area contributed by atoms with Crippen molar-refractivity contribution < 1.29 is 14.6 Å². The molecule has 1 rings (SSSR count). The van der Waals surface area contributed by atoms with Gasteiger partial charge in [-0.3, -0.25) is 4.79 Å². The SMILES string of the molecule is COC(=O)CC(O)CNc1cccc(Cl)c1. The first-order valence-electron chi connectivity index (χ1n) is 4.86. The number of hydrogen-bond acceptors (Lipinski definition) is 4. The van der Waals surface area contributed by atoms with Crippen LogP contribution in [0.4, 0.5) is 5.69 Å². The number of methoxy groups -OCH3 is 1. The first kappa shape index (κ1) is 12.8. The number of halogens is 1. The molecule has 0 radical (unpaired) electrons. The summed E-state index contributed by atoms with van der Waals surface area (Å²) in [6.45, 7) is 0.273. The van der Waals surface area contributed by atoms with Crippen LogP contribution in [-0.2, 0) is 9.53 Å². The van der Waals surface area contributed by atoms with Gasteiger partial charge in [-0.1, -0.05) is 17.7 Å². The van der Waals surface area contributed by atoms with Crippen molar-refractivity contribution in [2.24, 2.45) is 0 Å². The van der Waals surface area contributed by atoms with Crippen LogP contribution in [0.1, 0.15) is 6.42 Å². The summed E-state index contributed by atoms with van der Waals surface area (Å²) in [5, 5.41) is 13.1. The van der Waals surface area contributed by atoms with E-state index in [-0.39, 0.29) is 13.0 Å². The number of rotatable bonds is 5. The molecule has 0 amide bonds. The Hall–Kier alpha value is -1.26. The molecule has 0 aliphatic rings. The van der Waals surface area contributed by atoms with Gasteiger partial charge in [0.25, 0.3) is 0 Å². The fraction of sp³-hybridized carbons (Fsp3) is 0.364. The van der Waals surface area contributed by atoms with E-state index in [1.807, 2.05) is 6.07 Å². The third-order valence-electron chi connectivity index (χ3n) is 2.00. The van der Waals surface area contributed by atoms with Crippen molar-refractivity contribution in [1.82, 2.24) is 0 Å². The molecule has 88 valence electrons. The fourth-order valence-electron chi connectivity index (χ4n) is 1.18. The maximum atomic E-state index is 10.9. The molecule has 0 bridgehead atoms. The van der Waals surface area contributed by atoms with Gasteiger partial charge >= 0.3 is 5.97 Å². The summed E-state index contributed by atoms with van der Waals surface area (Å²) >= 11 is 5.79. The van der Waals surface area contributed by atoms with Crippen LogP contribution in [-0.4, -0.2) is 30.8 Å². The van der Waals surface area contributed by atoms with Gasteiger partial charge in [0.15, 0.2) is 0 Å². The Morgan fingerprint density at radius 2 is 2.38 bits per heavy atom. The van der Waals surface area contributed by atoms with Gasteiger partial charge in [-0.2, -0.15) is 0 Å². The van der Waals surface area contributed by atoms with Crippen LogP contribution in [0.5, 0.6) is 0 Å². The molecule has 0 saturated heterocycles. The van der Waals surface area contributed by atoms with Crippen molar-refractivity contribution in [3.05, 3.63) is 29.3 Å². The third kappa shape index (κ3) is 4.51. The second kappa shape index (κ2) is 6.35. The van der Waals surface area contributed by atoms with E-state index in [4.69, 9.17) is 11.6 Å². The van der Waals surface area contributed by atoms with Crippen LogP contribution in [0.25, 0.3) is 0 Å². The maximum absolute atomic E-state index is 10.9. The minimum absolute atomic E-state index is 0.0237. The van der Waals surface area contributed by atoms with Crippen LogP contribution >= 0.6 is 11.6 Å². The van der Waals surface area contributed by atoms with E-state index in [9.17, 15) is 9.90 Å². The minimum atomic E-state index is -0.772. The zero-order valence-electron chi connectivity index (χ0n) is 8.94. The van der Waals surface area contributed by atoms with E-state index < -0.39 is 12.1 Å². The number of aliphatic hydroxyl groups is 1. The number of carbonyl (C=O) groups is 1. The van der Waals surface area contributed by atoms with E-state index in [1.54, 1.807) is 18.2 Å². The number of nitrogens with one attached hydrogen (secondary N) is 1. The monoisotopic (exact) mass is 243 g/mol. The average molecular weight is 244 g/mol. The summed E-state index contributed by atoms with van der Waals surface area (Å²) in [5.41, 5.74) is 0.802. The molecule has 1 aromatic carbocycles. The fourth-order valence-corrected chi connectivity index (χ4v) is 1.37. The first-order valence-corrected chi connectivity index (χ1v) is 5.24. The Morgan fingerprint density at radius 3 is 3.00 bits per heavy atom. The minimum Gasteiger partial charge on any atom is -0.469 e. The summed E-state index contributed by atoms with van der Waals surface area (Å²) in [7, 11) is 1.29. The van der Waals surface area contributed by atoms with Crippen molar-refractivity contribution in [2.75, 3.05) is 19.0 Å². The van der Waals surface area contributed by atoms with E-state index >= 15 is 0 Å². The highest BCUT2D eigenvalue weighted by atomic mass is 35.5. The highest BCUT2D eigenvalue weighted by Gasteiger charge is 2.10. The lowest BCUT2D eigenvalue weighted by Gasteiger charge is -2.11. The number of aliphatic hydroxyl groups excluding tert-OH is 1. The number of hydrogen-bond donors (Lipinski definition) is 2. The molecule has 4 nitrogen and oxygen atoms in total. The molecule has 1 atom stereocenters. The van der Waals surface area contributed by atoms with Gasteiger partial charge < -0.3 is 15.2 Å². The van der Waals surface area contributed by atoms with Crippen molar-refractivity contribution in [2.45, 2.75) is 12.5 Å². The maximum Gasteiger partial charge on any atom is 0.308 e. The molecule has 5 heteroatoms. The summed E-state index contributed by atoms with van der Waals surface area (Å²) in [5.74, 6) is -0.430. The molecule has 1 unspecified atom stereocenters. The van der Waals surface area contributed by atoms with Gasteiger partial charge in [0.1, 0.15) is 0 Å². The van der Waals surface area contributed by atoms with Gasteiger partial charge in [-0.25, -0.2) is 0 Å². The second-order valence-electron chi connectivity index (χ2n) is 3.33. The van der Waals surface area contributed by atoms with E-state index in [1.165, 1.54) is 7.11 Å². The number of esters is 1. The number of benzene rings is 1. The molecular weight excluding hydrogens is 230 g/mol. The largest absolute Gasteiger partial charge is 0.469 e. The third-order valence-corrected chi connectivity index (χ3v) is 2.23.